The fourth-order valence-corrected chi connectivity index (χ4v) is 2.93. The third-order valence-electron chi connectivity index (χ3n) is 3.97. The number of likely N-dealkylation sites (tertiary alicyclic amines) is 1. The van der Waals surface area contributed by atoms with Gasteiger partial charge in [0.1, 0.15) is 0 Å². The minimum atomic E-state index is -0.983. The lowest BCUT2D eigenvalue weighted by atomic mass is 10.0. The van der Waals surface area contributed by atoms with Crippen molar-refractivity contribution < 1.29 is 23.1 Å². The SMILES string of the molecule is Cc1nc(C)c(C(=O)N2C[C@@H](O)C[C@@H]2c2ccc(F)c(F)c2)o1. The van der Waals surface area contributed by atoms with Crippen molar-refractivity contribution in [1.82, 2.24) is 9.88 Å². The predicted octanol–water partition coefficient (Wildman–Crippen LogP) is 2.52. The number of aromatic nitrogens is 1. The van der Waals surface area contributed by atoms with Crippen LogP contribution in [0.4, 0.5) is 8.78 Å². The van der Waals surface area contributed by atoms with E-state index in [0.29, 0.717) is 17.1 Å². The van der Waals surface area contributed by atoms with Crippen LogP contribution in [0.1, 0.15) is 40.2 Å². The second-order valence-corrected chi connectivity index (χ2v) is 5.68. The maximum Gasteiger partial charge on any atom is 0.292 e. The molecule has 1 aliphatic rings. The second kappa shape index (κ2) is 5.73. The standard InChI is InChI=1S/C16H16F2N2O3/c1-8-15(23-9(2)19-8)16(22)20-7-11(21)6-14(20)10-3-4-12(17)13(18)5-10/h3-5,11,14,21H,6-7H2,1-2H3/t11-,14+/m0/s1. The topological polar surface area (TPSA) is 66.6 Å². The molecule has 1 amide bonds. The number of oxazole rings is 1. The van der Waals surface area contributed by atoms with Crippen LogP contribution in [-0.2, 0) is 0 Å². The van der Waals surface area contributed by atoms with Crippen molar-refractivity contribution in [2.45, 2.75) is 32.4 Å². The maximum atomic E-state index is 13.5. The Kier molecular flexibility index (Phi) is 3.89. The van der Waals surface area contributed by atoms with Crippen molar-refractivity contribution in [3.8, 4) is 0 Å². The number of amides is 1. The highest BCUT2D eigenvalue weighted by atomic mass is 19.2. The molecule has 1 fully saturated rings. The fraction of sp³-hybridized carbons (Fsp3) is 0.375. The normalized spacial score (nSPS) is 21.0. The summed E-state index contributed by atoms with van der Waals surface area (Å²) in [6.07, 6.45) is -0.482. The van der Waals surface area contributed by atoms with Gasteiger partial charge in [-0.25, -0.2) is 13.8 Å². The molecule has 0 aliphatic carbocycles. The molecule has 5 nitrogen and oxygen atoms in total. The molecule has 0 radical (unpaired) electrons. The van der Waals surface area contributed by atoms with Crippen LogP contribution in [-0.4, -0.2) is 33.5 Å². The van der Waals surface area contributed by atoms with Crippen LogP contribution in [0.3, 0.4) is 0 Å². The molecule has 122 valence electrons. The third-order valence-corrected chi connectivity index (χ3v) is 3.97. The Morgan fingerprint density at radius 3 is 2.70 bits per heavy atom. The summed E-state index contributed by atoms with van der Waals surface area (Å²) < 4.78 is 31.9. The number of carbonyl (C=O) groups is 1. The lowest BCUT2D eigenvalue weighted by molar-refractivity contribution is 0.0681. The highest BCUT2D eigenvalue weighted by Crippen LogP contribution is 2.34. The number of rotatable bonds is 2. The molecule has 1 N–H and O–H groups in total. The van der Waals surface area contributed by atoms with Crippen molar-refractivity contribution in [2.75, 3.05) is 6.54 Å². The molecule has 2 heterocycles. The van der Waals surface area contributed by atoms with Crippen LogP contribution < -0.4 is 0 Å². The van der Waals surface area contributed by atoms with Gasteiger partial charge in [0.25, 0.3) is 5.91 Å². The van der Waals surface area contributed by atoms with Crippen molar-refractivity contribution in [2.24, 2.45) is 0 Å². The first-order valence-corrected chi connectivity index (χ1v) is 7.25. The van der Waals surface area contributed by atoms with E-state index < -0.39 is 29.7 Å². The van der Waals surface area contributed by atoms with E-state index in [4.69, 9.17) is 4.42 Å². The molecule has 23 heavy (non-hydrogen) atoms. The molecule has 0 spiro atoms. The lowest BCUT2D eigenvalue weighted by Gasteiger charge is -2.24. The Labute approximate surface area is 131 Å². The second-order valence-electron chi connectivity index (χ2n) is 5.68. The molecule has 2 aromatic rings. The summed E-state index contributed by atoms with van der Waals surface area (Å²) in [4.78, 5) is 18.1. The summed E-state index contributed by atoms with van der Waals surface area (Å²) in [5.41, 5.74) is 0.889. The van der Waals surface area contributed by atoms with Crippen LogP contribution in [0.5, 0.6) is 0 Å². The molecular weight excluding hydrogens is 306 g/mol. The largest absolute Gasteiger partial charge is 0.436 e. The Hall–Kier alpha value is -2.28. The smallest absolute Gasteiger partial charge is 0.292 e. The first kappa shape index (κ1) is 15.6. The van der Waals surface area contributed by atoms with Gasteiger partial charge in [-0.2, -0.15) is 0 Å². The zero-order valence-electron chi connectivity index (χ0n) is 12.7. The van der Waals surface area contributed by atoms with Gasteiger partial charge in [0.15, 0.2) is 17.5 Å². The van der Waals surface area contributed by atoms with Gasteiger partial charge in [-0.3, -0.25) is 4.79 Å². The molecule has 0 unspecified atom stereocenters. The van der Waals surface area contributed by atoms with Crippen molar-refractivity contribution >= 4 is 5.91 Å². The molecule has 3 rings (SSSR count). The fourth-order valence-electron chi connectivity index (χ4n) is 2.93. The average Bonchev–Trinajstić information content (AvgIpc) is 3.03. The average molecular weight is 322 g/mol. The number of β-amino-alcohol motifs (C(OH)–C–C–N with tert-alkyl or cyclic N) is 1. The summed E-state index contributed by atoms with van der Waals surface area (Å²) >= 11 is 0. The number of aliphatic hydroxyl groups is 1. The Morgan fingerprint density at radius 1 is 1.35 bits per heavy atom. The number of nitrogens with zero attached hydrogens (tertiary/aromatic N) is 2. The van der Waals surface area contributed by atoms with Crippen molar-refractivity contribution in [1.29, 1.82) is 0 Å². The molecule has 0 bridgehead atoms. The summed E-state index contributed by atoms with van der Waals surface area (Å²) in [6, 6.07) is 2.94. The van der Waals surface area contributed by atoms with E-state index >= 15 is 0 Å². The molecule has 1 aromatic carbocycles. The van der Waals surface area contributed by atoms with Gasteiger partial charge in [-0.15, -0.1) is 0 Å². The summed E-state index contributed by atoms with van der Waals surface area (Å²) in [6.45, 7) is 3.39. The van der Waals surface area contributed by atoms with Gasteiger partial charge in [-0.05, 0) is 31.0 Å². The van der Waals surface area contributed by atoms with Gasteiger partial charge >= 0.3 is 0 Å². The minimum absolute atomic E-state index is 0.0989. The van der Waals surface area contributed by atoms with Crippen LogP contribution >= 0.6 is 0 Å². The minimum Gasteiger partial charge on any atom is -0.436 e. The predicted molar refractivity (Wildman–Crippen MR) is 76.7 cm³/mol. The van der Waals surface area contributed by atoms with E-state index in [2.05, 4.69) is 4.98 Å². The zero-order chi connectivity index (χ0) is 16.7. The number of benzene rings is 1. The summed E-state index contributed by atoms with van der Waals surface area (Å²) in [5, 5.41) is 9.92. The lowest BCUT2D eigenvalue weighted by Crippen LogP contribution is -2.32. The third kappa shape index (κ3) is 2.84. The number of carbonyl (C=O) groups excluding carboxylic acids is 1. The summed E-state index contributed by atoms with van der Waals surface area (Å²) in [7, 11) is 0. The number of aliphatic hydroxyl groups excluding tert-OH is 1. The van der Waals surface area contributed by atoms with E-state index in [-0.39, 0.29) is 18.7 Å². The van der Waals surface area contributed by atoms with E-state index in [1.54, 1.807) is 13.8 Å². The van der Waals surface area contributed by atoms with Gasteiger partial charge in [0.2, 0.25) is 5.76 Å². The Bertz CT molecular complexity index is 760. The highest BCUT2D eigenvalue weighted by molar-refractivity contribution is 5.93. The summed E-state index contributed by atoms with van der Waals surface area (Å²) in [5.74, 6) is -1.89. The molecular formula is C16H16F2N2O3. The van der Waals surface area contributed by atoms with Gasteiger partial charge < -0.3 is 14.4 Å². The molecule has 2 atom stereocenters. The molecule has 1 aromatic heterocycles. The van der Waals surface area contributed by atoms with Crippen LogP contribution in [0.15, 0.2) is 22.6 Å². The first-order valence-electron chi connectivity index (χ1n) is 7.25. The van der Waals surface area contributed by atoms with E-state index in [1.807, 2.05) is 0 Å². The van der Waals surface area contributed by atoms with Crippen LogP contribution in [0, 0.1) is 25.5 Å². The van der Waals surface area contributed by atoms with Crippen LogP contribution in [0.25, 0.3) is 0 Å². The van der Waals surface area contributed by atoms with Gasteiger partial charge in [-0.1, -0.05) is 6.07 Å². The van der Waals surface area contributed by atoms with Gasteiger partial charge in [0.05, 0.1) is 17.8 Å². The number of hydrogen-bond donors (Lipinski definition) is 1. The number of aryl methyl sites for hydroxylation is 2. The zero-order valence-corrected chi connectivity index (χ0v) is 12.7. The molecule has 1 saturated heterocycles. The highest BCUT2D eigenvalue weighted by Gasteiger charge is 2.38. The molecule has 1 aliphatic heterocycles. The Morgan fingerprint density at radius 2 is 2.09 bits per heavy atom. The quantitative estimate of drug-likeness (QED) is 0.922. The van der Waals surface area contributed by atoms with E-state index in [0.717, 1.165) is 12.1 Å². The van der Waals surface area contributed by atoms with Crippen molar-refractivity contribution in [3.05, 3.63) is 52.7 Å². The number of halogens is 2. The van der Waals surface area contributed by atoms with E-state index in [1.165, 1.54) is 11.0 Å². The molecule has 7 heteroatoms. The number of hydrogen-bond acceptors (Lipinski definition) is 4. The Balaban J connectivity index is 1.94. The van der Waals surface area contributed by atoms with Crippen LogP contribution in [0.2, 0.25) is 0 Å². The maximum absolute atomic E-state index is 13.5. The van der Waals surface area contributed by atoms with Gasteiger partial charge in [0, 0.05) is 13.5 Å². The molecule has 0 saturated carbocycles. The van der Waals surface area contributed by atoms with Crippen molar-refractivity contribution in [3.63, 3.8) is 0 Å². The first-order chi connectivity index (χ1) is 10.9. The monoisotopic (exact) mass is 322 g/mol. The van der Waals surface area contributed by atoms with E-state index in [9.17, 15) is 18.7 Å².